The Balaban J connectivity index is 2.63. The van der Waals surface area contributed by atoms with E-state index in [2.05, 4.69) is 26.3 Å². The van der Waals surface area contributed by atoms with Gasteiger partial charge in [0.1, 0.15) is 5.69 Å². The van der Waals surface area contributed by atoms with E-state index in [0.717, 1.165) is 0 Å². The van der Waals surface area contributed by atoms with Gasteiger partial charge >= 0.3 is 6.18 Å². The lowest BCUT2D eigenvalue weighted by molar-refractivity contribution is -0.124. The van der Waals surface area contributed by atoms with Crippen molar-refractivity contribution in [2.45, 2.75) is 12.7 Å². The summed E-state index contributed by atoms with van der Waals surface area (Å²) >= 11 is 3.15. The molecule has 0 spiro atoms. The third-order valence-electron chi connectivity index (χ3n) is 2.18. The van der Waals surface area contributed by atoms with Crippen molar-refractivity contribution in [2.24, 2.45) is 0 Å². The highest BCUT2D eigenvalue weighted by molar-refractivity contribution is 9.10. The number of carbonyl (C=O) groups excluding carboxylic acids is 1. The number of carbonyl (C=O) groups is 1. The van der Waals surface area contributed by atoms with E-state index in [9.17, 15) is 18.0 Å². The van der Waals surface area contributed by atoms with E-state index in [-0.39, 0.29) is 5.69 Å². The van der Waals surface area contributed by atoms with Crippen molar-refractivity contribution < 1.29 is 22.7 Å². The maximum absolute atomic E-state index is 12.0. The van der Waals surface area contributed by atoms with E-state index < -0.39 is 25.0 Å². The SMILES string of the molecule is COCCn1ncc(Br)c1C(=O)CNCC(F)(F)F. The van der Waals surface area contributed by atoms with Crippen LogP contribution in [-0.2, 0) is 11.3 Å². The van der Waals surface area contributed by atoms with Crippen molar-refractivity contribution in [3.8, 4) is 0 Å². The molecule has 108 valence electrons. The third-order valence-corrected chi connectivity index (χ3v) is 2.76. The summed E-state index contributed by atoms with van der Waals surface area (Å²) < 4.78 is 42.6. The summed E-state index contributed by atoms with van der Waals surface area (Å²) in [5, 5.41) is 6.01. The fraction of sp³-hybridized carbons (Fsp3) is 0.600. The van der Waals surface area contributed by atoms with Crippen LogP contribution < -0.4 is 5.32 Å². The Kier molecular flexibility index (Phi) is 5.95. The number of ketones is 1. The molecule has 9 heteroatoms. The molecule has 1 aromatic heterocycles. The minimum atomic E-state index is -4.34. The smallest absolute Gasteiger partial charge is 0.383 e. The van der Waals surface area contributed by atoms with Crippen molar-refractivity contribution in [1.29, 1.82) is 0 Å². The number of nitrogens with zero attached hydrogens (tertiary/aromatic N) is 2. The van der Waals surface area contributed by atoms with Crippen LogP contribution in [0.15, 0.2) is 10.7 Å². The van der Waals surface area contributed by atoms with Crippen LogP contribution in [0.5, 0.6) is 0 Å². The fourth-order valence-electron chi connectivity index (χ4n) is 1.39. The van der Waals surface area contributed by atoms with Gasteiger partial charge in [0.2, 0.25) is 0 Å². The lowest BCUT2D eigenvalue weighted by atomic mass is 10.3. The monoisotopic (exact) mass is 343 g/mol. The quantitative estimate of drug-likeness (QED) is 0.764. The number of alkyl halides is 3. The molecule has 0 amide bonds. The molecule has 0 fully saturated rings. The third kappa shape index (κ3) is 5.29. The Morgan fingerprint density at radius 2 is 2.26 bits per heavy atom. The predicted octanol–water partition coefficient (Wildman–Crippen LogP) is 1.63. The Morgan fingerprint density at radius 1 is 1.58 bits per heavy atom. The molecule has 0 radical (unpaired) electrons. The summed E-state index contributed by atoms with van der Waals surface area (Å²) in [6.07, 6.45) is -2.92. The average molecular weight is 344 g/mol. The number of ether oxygens (including phenoxy) is 1. The van der Waals surface area contributed by atoms with Crippen molar-refractivity contribution in [1.82, 2.24) is 15.1 Å². The highest BCUT2D eigenvalue weighted by Crippen LogP contribution is 2.17. The van der Waals surface area contributed by atoms with Gasteiger partial charge in [0.25, 0.3) is 0 Å². The number of Topliss-reactive ketones (excluding diaryl/α,β-unsaturated/α-hetero) is 1. The molecular formula is C10H13BrF3N3O2. The molecule has 0 aliphatic carbocycles. The molecule has 0 atom stereocenters. The standard InChI is InChI=1S/C10H13BrF3N3O2/c1-19-3-2-17-9(7(11)4-16-17)8(18)5-15-6-10(12,13)14/h4,15H,2-3,5-6H2,1H3. The normalized spacial score (nSPS) is 11.8. The van der Waals surface area contributed by atoms with Gasteiger partial charge in [-0.3, -0.25) is 9.48 Å². The van der Waals surface area contributed by atoms with Crippen molar-refractivity contribution in [2.75, 3.05) is 26.8 Å². The topological polar surface area (TPSA) is 56.2 Å². The molecule has 19 heavy (non-hydrogen) atoms. The molecule has 1 rings (SSSR count). The second-order valence-electron chi connectivity index (χ2n) is 3.70. The molecule has 0 saturated heterocycles. The van der Waals surface area contributed by atoms with Crippen LogP contribution in [0.25, 0.3) is 0 Å². The summed E-state index contributed by atoms with van der Waals surface area (Å²) in [5.41, 5.74) is 0.228. The van der Waals surface area contributed by atoms with Crippen LogP contribution in [0.2, 0.25) is 0 Å². The Hall–Kier alpha value is -0.930. The number of hydrogen-bond donors (Lipinski definition) is 1. The van der Waals surface area contributed by atoms with E-state index in [1.807, 2.05) is 0 Å². The Bertz CT molecular complexity index is 434. The first kappa shape index (κ1) is 16.1. The van der Waals surface area contributed by atoms with E-state index in [1.165, 1.54) is 18.0 Å². The number of nitrogens with one attached hydrogen (secondary N) is 1. The van der Waals surface area contributed by atoms with Gasteiger partial charge in [-0.15, -0.1) is 0 Å². The zero-order chi connectivity index (χ0) is 14.5. The van der Waals surface area contributed by atoms with Crippen LogP contribution in [0.4, 0.5) is 13.2 Å². The largest absolute Gasteiger partial charge is 0.401 e. The minimum Gasteiger partial charge on any atom is -0.383 e. The number of aromatic nitrogens is 2. The predicted molar refractivity (Wildman–Crippen MR) is 65.1 cm³/mol. The van der Waals surface area contributed by atoms with Crippen molar-refractivity contribution in [3.05, 3.63) is 16.4 Å². The molecule has 0 aromatic carbocycles. The fourth-order valence-corrected chi connectivity index (χ4v) is 1.91. The molecule has 5 nitrogen and oxygen atoms in total. The lowest BCUT2D eigenvalue weighted by Crippen LogP contribution is -2.33. The van der Waals surface area contributed by atoms with E-state index >= 15 is 0 Å². The Morgan fingerprint density at radius 3 is 2.84 bits per heavy atom. The van der Waals surface area contributed by atoms with Gasteiger partial charge in [-0.25, -0.2) is 0 Å². The molecule has 1 aromatic rings. The second-order valence-corrected chi connectivity index (χ2v) is 4.55. The molecule has 0 unspecified atom stereocenters. The van der Waals surface area contributed by atoms with Crippen LogP contribution in [0.3, 0.4) is 0 Å². The van der Waals surface area contributed by atoms with Gasteiger partial charge in [-0.1, -0.05) is 0 Å². The van der Waals surface area contributed by atoms with Crippen LogP contribution in [0.1, 0.15) is 10.5 Å². The summed E-state index contributed by atoms with van der Waals surface area (Å²) in [7, 11) is 1.50. The van der Waals surface area contributed by atoms with Crippen LogP contribution in [-0.4, -0.2) is 48.5 Å². The molecular weight excluding hydrogens is 331 g/mol. The number of halogens is 4. The minimum absolute atomic E-state index is 0.228. The summed E-state index contributed by atoms with van der Waals surface area (Å²) in [4.78, 5) is 11.8. The highest BCUT2D eigenvalue weighted by Gasteiger charge is 2.27. The van der Waals surface area contributed by atoms with E-state index in [1.54, 1.807) is 0 Å². The average Bonchev–Trinajstić information content (AvgIpc) is 2.66. The number of methoxy groups -OCH3 is 1. The van der Waals surface area contributed by atoms with Crippen LogP contribution >= 0.6 is 15.9 Å². The maximum Gasteiger partial charge on any atom is 0.401 e. The lowest BCUT2D eigenvalue weighted by Gasteiger charge is -2.09. The maximum atomic E-state index is 12.0. The van der Waals surface area contributed by atoms with Gasteiger partial charge in [-0.05, 0) is 15.9 Å². The molecule has 0 saturated carbocycles. The first-order chi connectivity index (χ1) is 8.85. The zero-order valence-electron chi connectivity index (χ0n) is 10.1. The van der Waals surface area contributed by atoms with Crippen LogP contribution in [0, 0.1) is 0 Å². The van der Waals surface area contributed by atoms with Gasteiger partial charge in [0, 0.05) is 7.11 Å². The summed E-state index contributed by atoms with van der Waals surface area (Å²) in [6, 6.07) is 0. The van der Waals surface area contributed by atoms with Gasteiger partial charge < -0.3 is 10.1 Å². The second kappa shape index (κ2) is 7.01. The molecule has 0 aliphatic rings. The van der Waals surface area contributed by atoms with Gasteiger partial charge in [0.15, 0.2) is 5.78 Å². The summed E-state index contributed by atoms with van der Waals surface area (Å²) in [5.74, 6) is -0.468. The molecule has 0 aliphatic heterocycles. The van der Waals surface area contributed by atoms with Gasteiger partial charge in [-0.2, -0.15) is 18.3 Å². The first-order valence-corrected chi connectivity index (χ1v) is 6.15. The van der Waals surface area contributed by atoms with E-state index in [0.29, 0.717) is 17.6 Å². The molecule has 1 N–H and O–H groups in total. The highest BCUT2D eigenvalue weighted by atomic mass is 79.9. The molecule has 1 heterocycles. The van der Waals surface area contributed by atoms with E-state index in [4.69, 9.17) is 4.74 Å². The number of hydrogen-bond acceptors (Lipinski definition) is 4. The number of rotatable bonds is 7. The summed E-state index contributed by atoms with van der Waals surface area (Å²) in [6.45, 7) is -0.911. The van der Waals surface area contributed by atoms with Gasteiger partial charge in [0.05, 0.1) is 36.9 Å². The van der Waals surface area contributed by atoms with Crippen molar-refractivity contribution >= 4 is 21.7 Å². The Labute approximate surface area is 116 Å². The first-order valence-electron chi connectivity index (χ1n) is 5.36. The molecule has 0 bridgehead atoms. The van der Waals surface area contributed by atoms with Crippen molar-refractivity contribution in [3.63, 3.8) is 0 Å². The zero-order valence-corrected chi connectivity index (χ0v) is 11.7.